The highest BCUT2D eigenvalue weighted by Crippen LogP contribution is 2.33. The number of aromatic nitrogens is 2. The second kappa shape index (κ2) is 7.94. The molecule has 0 bridgehead atoms. The summed E-state index contributed by atoms with van der Waals surface area (Å²) in [5, 5.41) is 5.91. The quantitative estimate of drug-likeness (QED) is 0.391. The molecule has 154 valence electrons. The average molecular weight is 435 g/mol. The van der Waals surface area contributed by atoms with Gasteiger partial charge < -0.3 is 10.6 Å². The Balaban J connectivity index is 1.70. The summed E-state index contributed by atoms with van der Waals surface area (Å²) >= 11 is 5.80. The monoisotopic (exact) mass is 434 g/mol. The molecule has 2 heterocycles. The van der Waals surface area contributed by atoms with Crippen LogP contribution in [0.15, 0.2) is 42.6 Å². The largest absolute Gasteiger partial charge is 0.433 e. The van der Waals surface area contributed by atoms with Crippen molar-refractivity contribution in [1.29, 1.82) is 0 Å². The predicted octanol–water partition coefficient (Wildman–Crippen LogP) is 5.84. The number of halogens is 7. The van der Waals surface area contributed by atoms with Crippen LogP contribution in [0.4, 0.5) is 37.8 Å². The van der Waals surface area contributed by atoms with Crippen molar-refractivity contribution in [2.45, 2.75) is 12.4 Å². The predicted molar refractivity (Wildman–Crippen MR) is 98.0 cm³/mol. The normalized spacial score (nSPS) is 12.2. The summed E-state index contributed by atoms with van der Waals surface area (Å²) in [5.41, 5.74) is -1.59. The van der Waals surface area contributed by atoms with E-state index < -0.39 is 23.6 Å². The van der Waals surface area contributed by atoms with Gasteiger partial charge in [0.05, 0.1) is 16.1 Å². The molecule has 0 unspecified atom stereocenters. The molecular formula is C18H13ClF6N4. The van der Waals surface area contributed by atoms with E-state index in [1.54, 1.807) is 18.2 Å². The number of fused-ring (bicyclic) bond motifs is 1. The van der Waals surface area contributed by atoms with Crippen molar-refractivity contribution in [1.82, 2.24) is 9.97 Å². The summed E-state index contributed by atoms with van der Waals surface area (Å²) in [6.07, 6.45) is -8.51. The van der Waals surface area contributed by atoms with Gasteiger partial charge in [0, 0.05) is 30.4 Å². The molecule has 2 N–H and O–H groups in total. The maximum absolute atomic E-state index is 13.1. The summed E-state index contributed by atoms with van der Waals surface area (Å²) in [4.78, 5) is 7.26. The van der Waals surface area contributed by atoms with E-state index in [-0.39, 0.29) is 35.1 Å². The molecule has 0 radical (unpaired) electrons. The minimum atomic E-state index is -4.60. The molecule has 0 aliphatic carbocycles. The third-order valence-electron chi connectivity index (χ3n) is 3.91. The van der Waals surface area contributed by atoms with Gasteiger partial charge in [-0.3, -0.25) is 0 Å². The lowest BCUT2D eigenvalue weighted by Gasteiger charge is -2.14. The van der Waals surface area contributed by atoms with E-state index in [2.05, 4.69) is 20.6 Å². The van der Waals surface area contributed by atoms with Gasteiger partial charge in [0.15, 0.2) is 0 Å². The van der Waals surface area contributed by atoms with Gasteiger partial charge in [-0.15, -0.1) is 0 Å². The van der Waals surface area contributed by atoms with Crippen molar-refractivity contribution in [2.24, 2.45) is 0 Å². The third-order valence-corrected chi connectivity index (χ3v) is 4.20. The third kappa shape index (κ3) is 5.00. The molecule has 0 amide bonds. The van der Waals surface area contributed by atoms with Gasteiger partial charge in [0.1, 0.15) is 11.5 Å². The van der Waals surface area contributed by atoms with Crippen LogP contribution in [0.3, 0.4) is 0 Å². The van der Waals surface area contributed by atoms with Gasteiger partial charge in [-0.1, -0.05) is 29.8 Å². The fourth-order valence-corrected chi connectivity index (χ4v) is 2.80. The van der Waals surface area contributed by atoms with Crippen LogP contribution in [0.1, 0.15) is 11.3 Å². The SMILES string of the molecule is FC(F)(F)c1cnc(NCCNc2cc(C(F)(F)F)nc3ccccc23)c(Cl)c1. The number of hydrogen-bond donors (Lipinski definition) is 2. The van der Waals surface area contributed by atoms with Crippen LogP contribution in [0, 0.1) is 0 Å². The van der Waals surface area contributed by atoms with E-state index >= 15 is 0 Å². The Bertz CT molecular complexity index is 1020. The Kier molecular flexibility index (Phi) is 5.74. The molecule has 1 aromatic carbocycles. The zero-order valence-corrected chi connectivity index (χ0v) is 15.3. The molecule has 2 aromatic heterocycles. The molecule has 0 spiro atoms. The van der Waals surface area contributed by atoms with Crippen LogP contribution in [0.5, 0.6) is 0 Å². The molecule has 4 nitrogen and oxygen atoms in total. The van der Waals surface area contributed by atoms with Gasteiger partial charge in [-0.2, -0.15) is 26.3 Å². The highest BCUT2D eigenvalue weighted by molar-refractivity contribution is 6.32. The molecule has 0 atom stereocenters. The number of hydrogen-bond acceptors (Lipinski definition) is 4. The molecule has 11 heteroatoms. The highest BCUT2D eigenvalue weighted by atomic mass is 35.5. The molecule has 0 aliphatic rings. The molecule has 0 aliphatic heterocycles. The lowest BCUT2D eigenvalue weighted by molar-refractivity contribution is -0.141. The first-order valence-corrected chi connectivity index (χ1v) is 8.61. The highest BCUT2D eigenvalue weighted by Gasteiger charge is 2.33. The van der Waals surface area contributed by atoms with E-state index in [0.29, 0.717) is 11.6 Å². The molecule has 3 rings (SSSR count). The standard InChI is InChI=1S/C18H13ClF6N4/c19-12-7-10(17(20,21)22)9-28-16(12)27-6-5-26-14-8-15(18(23,24)25)29-13-4-2-1-3-11(13)14/h1-4,7-9H,5-6H2,(H,26,29)(H,27,28). The first-order chi connectivity index (χ1) is 13.6. The van der Waals surface area contributed by atoms with Crippen LogP contribution in [0.25, 0.3) is 10.9 Å². The Morgan fingerprint density at radius 2 is 1.59 bits per heavy atom. The molecule has 0 saturated heterocycles. The van der Waals surface area contributed by atoms with Crippen LogP contribution >= 0.6 is 11.6 Å². The van der Waals surface area contributed by atoms with E-state index in [0.717, 1.165) is 12.1 Å². The number of alkyl halides is 6. The van der Waals surface area contributed by atoms with Crippen molar-refractivity contribution in [3.05, 3.63) is 58.9 Å². The maximum atomic E-state index is 13.1. The minimum absolute atomic E-state index is 0.0389. The van der Waals surface area contributed by atoms with Crippen LogP contribution < -0.4 is 10.6 Å². The molecule has 29 heavy (non-hydrogen) atoms. The van der Waals surface area contributed by atoms with Crippen molar-refractivity contribution < 1.29 is 26.3 Å². The fraction of sp³-hybridized carbons (Fsp3) is 0.222. The topological polar surface area (TPSA) is 49.8 Å². The van der Waals surface area contributed by atoms with Crippen molar-refractivity contribution >= 4 is 34.0 Å². The van der Waals surface area contributed by atoms with Crippen LogP contribution in [0.2, 0.25) is 5.02 Å². The summed E-state index contributed by atoms with van der Waals surface area (Å²) in [6, 6.07) is 8.01. The van der Waals surface area contributed by atoms with E-state index in [4.69, 9.17) is 11.6 Å². The number of anilines is 2. The molecule has 3 aromatic rings. The summed E-state index contributed by atoms with van der Waals surface area (Å²) in [5.74, 6) is 0.0389. The Hall–Kier alpha value is -2.75. The van der Waals surface area contributed by atoms with Gasteiger partial charge in [0.2, 0.25) is 0 Å². The molecule has 0 fully saturated rings. The Morgan fingerprint density at radius 3 is 2.24 bits per heavy atom. The van der Waals surface area contributed by atoms with Crippen molar-refractivity contribution in [3.63, 3.8) is 0 Å². The fourth-order valence-electron chi connectivity index (χ4n) is 2.57. The zero-order chi connectivity index (χ0) is 21.2. The maximum Gasteiger partial charge on any atom is 0.433 e. The zero-order valence-electron chi connectivity index (χ0n) is 14.5. The van der Waals surface area contributed by atoms with Gasteiger partial charge >= 0.3 is 12.4 Å². The summed E-state index contributed by atoms with van der Waals surface area (Å²) in [6.45, 7) is 0.306. The van der Waals surface area contributed by atoms with Gasteiger partial charge in [0.25, 0.3) is 0 Å². The van der Waals surface area contributed by atoms with Gasteiger partial charge in [-0.05, 0) is 18.2 Å². The van der Waals surface area contributed by atoms with E-state index in [1.165, 1.54) is 6.07 Å². The number of para-hydroxylation sites is 1. The lowest BCUT2D eigenvalue weighted by Crippen LogP contribution is -2.16. The van der Waals surface area contributed by atoms with Crippen LogP contribution in [-0.2, 0) is 12.4 Å². The number of nitrogens with zero attached hydrogens (tertiary/aromatic N) is 2. The first-order valence-electron chi connectivity index (χ1n) is 8.23. The first kappa shape index (κ1) is 21.0. The second-order valence-electron chi connectivity index (χ2n) is 5.98. The number of pyridine rings is 2. The van der Waals surface area contributed by atoms with Crippen molar-refractivity contribution in [3.8, 4) is 0 Å². The van der Waals surface area contributed by atoms with Crippen LogP contribution in [-0.4, -0.2) is 23.1 Å². The number of nitrogens with one attached hydrogen (secondary N) is 2. The average Bonchev–Trinajstić information content (AvgIpc) is 2.64. The Labute approximate surface area is 165 Å². The summed E-state index contributed by atoms with van der Waals surface area (Å²) in [7, 11) is 0. The lowest BCUT2D eigenvalue weighted by atomic mass is 10.1. The smallest absolute Gasteiger partial charge is 0.383 e. The number of benzene rings is 1. The van der Waals surface area contributed by atoms with E-state index in [1.807, 2.05) is 0 Å². The minimum Gasteiger partial charge on any atom is -0.383 e. The summed E-state index contributed by atoms with van der Waals surface area (Å²) < 4.78 is 77.1. The second-order valence-corrected chi connectivity index (χ2v) is 6.38. The van der Waals surface area contributed by atoms with Gasteiger partial charge in [-0.25, -0.2) is 9.97 Å². The Morgan fingerprint density at radius 1 is 0.897 bits per heavy atom. The number of rotatable bonds is 5. The molecular weight excluding hydrogens is 422 g/mol. The van der Waals surface area contributed by atoms with Crippen molar-refractivity contribution in [2.75, 3.05) is 23.7 Å². The van der Waals surface area contributed by atoms with E-state index in [9.17, 15) is 26.3 Å². The molecule has 0 saturated carbocycles.